The molecule has 0 aromatic heterocycles. The van der Waals surface area contributed by atoms with Gasteiger partial charge in [0.2, 0.25) is 0 Å². The van der Waals surface area contributed by atoms with E-state index in [1.165, 1.54) is 5.56 Å². The fourth-order valence-corrected chi connectivity index (χ4v) is 2.15. The molecule has 88 valence electrons. The van der Waals surface area contributed by atoms with Gasteiger partial charge in [0, 0.05) is 18.3 Å². The summed E-state index contributed by atoms with van der Waals surface area (Å²) in [6, 6.07) is 8.36. The second-order valence-corrected chi connectivity index (χ2v) is 4.57. The second kappa shape index (κ2) is 5.30. The summed E-state index contributed by atoms with van der Waals surface area (Å²) in [6.45, 7) is 0.849. The first kappa shape index (κ1) is 11.4. The molecule has 0 atom stereocenters. The molecular formula is C13H19FN2. The molecule has 1 aromatic carbocycles. The molecule has 0 radical (unpaired) electrons. The molecule has 0 heterocycles. The predicted molar refractivity (Wildman–Crippen MR) is 64.8 cm³/mol. The highest BCUT2D eigenvalue weighted by Gasteiger charge is 2.19. The van der Waals surface area contributed by atoms with Crippen molar-refractivity contribution >= 4 is 5.69 Å². The summed E-state index contributed by atoms with van der Waals surface area (Å²) in [5, 5.41) is 3.47. The fraction of sp³-hybridized carbons (Fsp3) is 0.538. The minimum atomic E-state index is -0.574. The van der Waals surface area contributed by atoms with Gasteiger partial charge in [-0.1, -0.05) is 12.1 Å². The van der Waals surface area contributed by atoms with E-state index >= 15 is 0 Å². The maximum atomic E-state index is 12.9. The highest BCUT2D eigenvalue weighted by Crippen LogP contribution is 2.21. The van der Waals surface area contributed by atoms with Gasteiger partial charge in [-0.05, 0) is 43.4 Å². The van der Waals surface area contributed by atoms with E-state index in [2.05, 4.69) is 5.32 Å². The first-order chi connectivity index (χ1) is 7.74. The van der Waals surface area contributed by atoms with Crippen LogP contribution in [0.15, 0.2) is 24.3 Å². The van der Waals surface area contributed by atoms with Crippen molar-refractivity contribution in [2.24, 2.45) is 0 Å². The third kappa shape index (κ3) is 3.20. The van der Waals surface area contributed by atoms with E-state index in [-0.39, 0.29) is 0 Å². The zero-order chi connectivity index (χ0) is 11.4. The summed E-state index contributed by atoms with van der Waals surface area (Å²) in [5.74, 6) is 0. The Morgan fingerprint density at radius 3 is 2.38 bits per heavy atom. The van der Waals surface area contributed by atoms with Crippen LogP contribution >= 0.6 is 0 Å². The molecular weight excluding hydrogens is 203 g/mol. The zero-order valence-electron chi connectivity index (χ0n) is 9.45. The number of rotatable bonds is 3. The molecule has 16 heavy (non-hydrogen) atoms. The largest absolute Gasteiger partial charge is 0.399 e. The maximum Gasteiger partial charge on any atom is 0.100 e. The van der Waals surface area contributed by atoms with E-state index in [9.17, 15) is 4.39 Å². The summed E-state index contributed by atoms with van der Waals surface area (Å²) >= 11 is 0. The van der Waals surface area contributed by atoms with Crippen LogP contribution in [-0.2, 0) is 6.54 Å². The van der Waals surface area contributed by atoms with Crippen LogP contribution in [0.5, 0.6) is 0 Å². The Balaban J connectivity index is 1.77. The molecule has 0 bridgehead atoms. The van der Waals surface area contributed by atoms with E-state index in [0.717, 1.165) is 25.1 Å². The van der Waals surface area contributed by atoms with Gasteiger partial charge in [0.25, 0.3) is 0 Å². The molecule has 1 aliphatic rings. The van der Waals surface area contributed by atoms with Gasteiger partial charge in [0.05, 0.1) is 0 Å². The minimum absolute atomic E-state index is 0.476. The summed E-state index contributed by atoms with van der Waals surface area (Å²) in [6.07, 6.45) is 2.75. The van der Waals surface area contributed by atoms with Gasteiger partial charge in [0.15, 0.2) is 0 Å². The van der Waals surface area contributed by atoms with Crippen LogP contribution in [0.2, 0.25) is 0 Å². The summed E-state index contributed by atoms with van der Waals surface area (Å²) in [4.78, 5) is 0. The number of anilines is 1. The lowest BCUT2D eigenvalue weighted by atomic mass is 9.94. The van der Waals surface area contributed by atoms with Crippen LogP contribution in [0.1, 0.15) is 31.2 Å². The molecule has 1 fully saturated rings. The molecule has 2 rings (SSSR count). The zero-order valence-corrected chi connectivity index (χ0v) is 9.45. The Labute approximate surface area is 96.0 Å². The van der Waals surface area contributed by atoms with Crippen molar-refractivity contribution < 1.29 is 4.39 Å². The van der Waals surface area contributed by atoms with Crippen LogP contribution in [-0.4, -0.2) is 12.2 Å². The molecule has 0 saturated heterocycles. The van der Waals surface area contributed by atoms with Gasteiger partial charge in [-0.3, -0.25) is 0 Å². The van der Waals surface area contributed by atoms with E-state index in [1.54, 1.807) is 0 Å². The standard InChI is InChI=1S/C13H19FN2/c14-11-3-7-13(8-4-11)16-9-10-1-5-12(15)6-2-10/h1-2,5-6,11,13,16H,3-4,7-9,15H2. The quantitative estimate of drug-likeness (QED) is 0.772. The SMILES string of the molecule is Nc1ccc(CNC2CCC(F)CC2)cc1. The van der Waals surface area contributed by atoms with Crippen molar-refractivity contribution in [1.29, 1.82) is 0 Å². The Morgan fingerprint density at radius 2 is 1.75 bits per heavy atom. The lowest BCUT2D eigenvalue weighted by Gasteiger charge is -2.25. The number of alkyl halides is 1. The van der Waals surface area contributed by atoms with Gasteiger partial charge in [-0.2, -0.15) is 0 Å². The maximum absolute atomic E-state index is 12.9. The smallest absolute Gasteiger partial charge is 0.100 e. The molecule has 1 saturated carbocycles. The molecule has 2 nitrogen and oxygen atoms in total. The van der Waals surface area contributed by atoms with Crippen molar-refractivity contribution in [2.75, 3.05) is 5.73 Å². The lowest BCUT2D eigenvalue weighted by Crippen LogP contribution is -2.33. The van der Waals surface area contributed by atoms with Crippen molar-refractivity contribution in [1.82, 2.24) is 5.32 Å². The lowest BCUT2D eigenvalue weighted by molar-refractivity contribution is 0.219. The highest BCUT2D eigenvalue weighted by atomic mass is 19.1. The summed E-state index contributed by atoms with van der Waals surface area (Å²) < 4.78 is 12.9. The second-order valence-electron chi connectivity index (χ2n) is 4.57. The number of nitrogens with one attached hydrogen (secondary N) is 1. The van der Waals surface area contributed by atoms with Crippen molar-refractivity contribution in [3.8, 4) is 0 Å². The molecule has 3 N–H and O–H groups in total. The third-order valence-electron chi connectivity index (χ3n) is 3.23. The van der Waals surface area contributed by atoms with Crippen LogP contribution in [0.25, 0.3) is 0 Å². The molecule has 0 aliphatic heterocycles. The molecule has 1 aromatic rings. The van der Waals surface area contributed by atoms with Gasteiger partial charge < -0.3 is 11.1 Å². The number of halogens is 1. The van der Waals surface area contributed by atoms with Gasteiger partial charge in [-0.15, -0.1) is 0 Å². The Bertz CT molecular complexity index is 315. The highest BCUT2D eigenvalue weighted by molar-refractivity contribution is 5.39. The summed E-state index contributed by atoms with van der Waals surface area (Å²) in [5.41, 5.74) is 7.64. The third-order valence-corrected chi connectivity index (χ3v) is 3.23. The first-order valence-corrected chi connectivity index (χ1v) is 5.96. The van der Waals surface area contributed by atoms with Crippen LogP contribution in [0.4, 0.5) is 10.1 Å². The molecule has 0 unspecified atom stereocenters. The fourth-order valence-electron chi connectivity index (χ4n) is 2.15. The average Bonchev–Trinajstić information content (AvgIpc) is 2.30. The molecule has 0 spiro atoms. The molecule has 1 aliphatic carbocycles. The van der Waals surface area contributed by atoms with E-state index < -0.39 is 6.17 Å². The molecule has 0 amide bonds. The topological polar surface area (TPSA) is 38.0 Å². The number of benzene rings is 1. The number of nitrogen functional groups attached to an aromatic ring is 1. The van der Waals surface area contributed by atoms with E-state index in [4.69, 9.17) is 5.73 Å². The monoisotopic (exact) mass is 222 g/mol. The predicted octanol–water partition coefficient (Wildman–Crippen LogP) is 2.64. The van der Waals surface area contributed by atoms with Crippen LogP contribution in [0, 0.1) is 0 Å². The van der Waals surface area contributed by atoms with E-state index in [1.807, 2.05) is 24.3 Å². The van der Waals surface area contributed by atoms with Crippen molar-refractivity contribution in [2.45, 2.75) is 44.4 Å². The van der Waals surface area contributed by atoms with Crippen LogP contribution in [0.3, 0.4) is 0 Å². The Kier molecular flexibility index (Phi) is 3.78. The Morgan fingerprint density at radius 1 is 1.12 bits per heavy atom. The van der Waals surface area contributed by atoms with Gasteiger partial charge in [0.1, 0.15) is 6.17 Å². The van der Waals surface area contributed by atoms with Crippen molar-refractivity contribution in [3.63, 3.8) is 0 Å². The number of hydrogen-bond donors (Lipinski definition) is 2. The normalized spacial score (nSPS) is 25.6. The molecule has 3 heteroatoms. The van der Waals surface area contributed by atoms with E-state index in [0.29, 0.717) is 18.9 Å². The van der Waals surface area contributed by atoms with Crippen molar-refractivity contribution in [3.05, 3.63) is 29.8 Å². The van der Waals surface area contributed by atoms with Gasteiger partial charge >= 0.3 is 0 Å². The summed E-state index contributed by atoms with van der Waals surface area (Å²) in [7, 11) is 0. The Hall–Kier alpha value is -1.09. The van der Waals surface area contributed by atoms with Gasteiger partial charge in [-0.25, -0.2) is 4.39 Å². The van der Waals surface area contributed by atoms with Crippen LogP contribution < -0.4 is 11.1 Å². The number of nitrogens with two attached hydrogens (primary N) is 1. The number of hydrogen-bond acceptors (Lipinski definition) is 2. The average molecular weight is 222 g/mol. The first-order valence-electron chi connectivity index (χ1n) is 5.96. The minimum Gasteiger partial charge on any atom is -0.399 e.